The van der Waals surface area contributed by atoms with Crippen molar-refractivity contribution >= 4 is 0 Å². The fourth-order valence-corrected chi connectivity index (χ4v) is 2.09. The molecule has 1 rings (SSSR count). The number of hydrogen-bond acceptors (Lipinski definition) is 3. The summed E-state index contributed by atoms with van der Waals surface area (Å²) in [5, 5.41) is 0. The predicted octanol–water partition coefficient (Wildman–Crippen LogP) is 1.74. The maximum Gasteiger partial charge on any atom is 0.0122 e. The van der Waals surface area contributed by atoms with Crippen LogP contribution in [0.2, 0.25) is 0 Å². The van der Waals surface area contributed by atoms with Gasteiger partial charge in [-0.2, -0.15) is 0 Å². The predicted molar refractivity (Wildman–Crippen MR) is 75.6 cm³/mol. The van der Waals surface area contributed by atoms with E-state index in [0.29, 0.717) is 5.54 Å². The van der Waals surface area contributed by atoms with E-state index in [0.717, 1.165) is 0 Å². The Hall–Kier alpha value is -0.120. The Morgan fingerprint density at radius 2 is 1.59 bits per heavy atom. The van der Waals surface area contributed by atoms with E-state index in [1.165, 1.54) is 52.1 Å². The minimum Gasteiger partial charge on any atom is -0.304 e. The van der Waals surface area contributed by atoms with Gasteiger partial charge in [0, 0.05) is 31.7 Å². The highest BCUT2D eigenvalue weighted by Gasteiger charge is 2.16. The van der Waals surface area contributed by atoms with Crippen molar-refractivity contribution in [1.82, 2.24) is 14.7 Å². The van der Waals surface area contributed by atoms with E-state index in [9.17, 15) is 0 Å². The lowest BCUT2D eigenvalue weighted by atomic mass is 10.1. The van der Waals surface area contributed by atoms with Gasteiger partial charge in [0.1, 0.15) is 0 Å². The Bertz CT molecular complexity index is 202. The van der Waals surface area contributed by atoms with Gasteiger partial charge in [0.25, 0.3) is 0 Å². The molecule has 0 aromatic rings. The van der Waals surface area contributed by atoms with E-state index < -0.39 is 0 Å². The summed E-state index contributed by atoms with van der Waals surface area (Å²) in [4.78, 5) is 7.48. The highest BCUT2D eigenvalue weighted by Crippen LogP contribution is 2.11. The normalized spacial score (nSPS) is 20.1. The molecular formula is C14H31N3. The quantitative estimate of drug-likeness (QED) is 0.679. The lowest BCUT2D eigenvalue weighted by Gasteiger charge is -2.33. The van der Waals surface area contributed by atoms with E-state index in [1.54, 1.807) is 0 Å². The van der Waals surface area contributed by atoms with Crippen LogP contribution in [0.4, 0.5) is 0 Å². The average Bonchev–Trinajstić information content (AvgIpc) is 2.25. The van der Waals surface area contributed by atoms with Crippen LogP contribution in [0.15, 0.2) is 0 Å². The summed E-state index contributed by atoms with van der Waals surface area (Å²) >= 11 is 0. The smallest absolute Gasteiger partial charge is 0.0122 e. The average molecular weight is 241 g/mol. The third kappa shape index (κ3) is 5.84. The van der Waals surface area contributed by atoms with E-state index in [2.05, 4.69) is 49.6 Å². The Balaban J connectivity index is 2.04. The largest absolute Gasteiger partial charge is 0.304 e. The van der Waals surface area contributed by atoms with E-state index in [4.69, 9.17) is 0 Å². The van der Waals surface area contributed by atoms with Gasteiger partial charge in [0.15, 0.2) is 0 Å². The van der Waals surface area contributed by atoms with Crippen LogP contribution in [-0.2, 0) is 0 Å². The molecule has 3 heteroatoms. The Morgan fingerprint density at radius 3 is 2.12 bits per heavy atom. The summed E-state index contributed by atoms with van der Waals surface area (Å²) in [6, 6.07) is 0. The molecule has 102 valence electrons. The molecule has 0 bridgehead atoms. The number of rotatable bonds is 5. The molecule has 0 aromatic heterocycles. The van der Waals surface area contributed by atoms with Gasteiger partial charge in [-0.1, -0.05) is 0 Å². The zero-order valence-electron chi connectivity index (χ0n) is 12.5. The molecule has 0 spiro atoms. The van der Waals surface area contributed by atoms with Gasteiger partial charge in [-0.05, 0) is 60.8 Å². The molecule has 0 aromatic carbocycles. The van der Waals surface area contributed by atoms with E-state index in [-0.39, 0.29) is 0 Å². The van der Waals surface area contributed by atoms with Crippen LogP contribution in [0.3, 0.4) is 0 Å². The molecule has 0 saturated carbocycles. The van der Waals surface area contributed by atoms with E-state index >= 15 is 0 Å². The van der Waals surface area contributed by atoms with Crippen LogP contribution < -0.4 is 0 Å². The Labute approximate surface area is 108 Å². The molecule has 0 atom stereocenters. The highest BCUT2D eigenvalue weighted by atomic mass is 15.2. The number of hydrogen-bond donors (Lipinski definition) is 0. The first-order chi connectivity index (χ1) is 7.89. The van der Waals surface area contributed by atoms with Crippen LogP contribution in [0, 0.1) is 0 Å². The summed E-state index contributed by atoms with van der Waals surface area (Å²) < 4.78 is 0. The van der Waals surface area contributed by atoms with Crippen molar-refractivity contribution in [2.24, 2.45) is 0 Å². The van der Waals surface area contributed by atoms with Crippen LogP contribution in [-0.4, -0.2) is 73.6 Å². The third-order valence-corrected chi connectivity index (χ3v) is 3.96. The van der Waals surface area contributed by atoms with Crippen molar-refractivity contribution in [3.05, 3.63) is 0 Å². The molecule has 0 amide bonds. The second kappa shape index (κ2) is 6.72. The molecule has 1 saturated heterocycles. The van der Waals surface area contributed by atoms with Crippen molar-refractivity contribution in [2.75, 3.05) is 53.4 Å². The minimum atomic E-state index is 0.313. The van der Waals surface area contributed by atoms with Gasteiger partial charge in [-0.25, -0.2) is 0 Å². The molecule has 3 nitrogen and oxygen atoms in total. The Kier molecular flexibility index (Phi) is 5.90. The standard InChI is InChI=1S/C14H31N3/c1-14(2,3)16(5)8-6-7-9-17-12-10-15(4)11-13-17/h6-13H2,1-5H3. The van der Waals surface area contributed by atoms with Gasteiger partial charge in [0.2, 0.25) is 0 Å². The Morgan fingerprint density at radius 1 is 1.00 bits per heavy atom. The maximum absolute atomic E-state index is 2.61. The van der Waals surface area contributed by atoms with Crippen molar-refractivity contribution in [2.45, 2.75) is 39.2 Å². The molecule has 1 aliphatic heterocycles. The molecule has 0 N–H and O–H groups in total. The van der Waals surface area contributed by atoms with E-state index in [1.807, 2.05) is 0 Å². The second-order valence-electron chi connectivity index (χ2n) is 6.44. The van der Waals surface area contributed by atoms with Gasteiger partial charge < -0.3 is 14.7 Å². The van der Waals surface area contributed by atoms with Crippen LogP contribution in [0.5, 0.6) is 0 Å². The van der Waals surface area contributed by atoms with Crippen molar-refractivity contribution in [3.8, 4) is 0 Å². The summed E-state index contributed by atoms with van der Waals surface area (Å²) in [6.45, 7) is 14.3. The number of nitrogens with zero attached hydrogens (tertiary/aromatic N) is 3. The molecule has 17 heavy (non-hydrogen) atoms. The van der Waals surface area contributed by atoms with Gasteiger partial charge in [0.05, 0.1) is 0 Å². The second-order valence-corrected chi connectivity index (χ2v) is 6.44. The fourth-order valence-electron chi connectivity index (χ4n) is 2.09. The van der Waals surface area contributed by atoms with Crippen LogP contribution >= 0.6 is 0 Å². The number of unbranched alkanes of at least 4 members (excludes halogenated alkanes) is 1. The first kappa shape index (κ1) is 14.9. The summed E-state index contributed by atoms with van der Waals surface area (Å²) in [5.41, 5.74) is 0.313. The SMILES string of the molecule is CN1CCN(CCCCN(C)C(C)(C)C)CC1. The summed E-state index contributed by atoms with van der Waals surface area (Å²) in [6.07, 6.45) is 2.66. The third-order valence-electron chi connectivity index (χ3n) is 3.96. The van der Waals surface area contributed by atoms with Gasteiger partial charge >= 0.3 is 0 Å². The van der Waals surface area contributed by atoms with Crippen molar-refractivity contribution in [1.29, 1.82) is 0 Å². The molecule has 1 aliphatic rings. The zero-order chi connectivity index (χ0) is 12.9. The zero-order valence-corrected chi connectivity index (χ0v) is 12.5. The lowest BCUT2D eigenvalue weighted by Crippen LogP contribution is -2.44. The first-order valence-electron chi connectivity index (χ1n) is 7.02. The summed E-state index contributed by atoms with van der Waals surface area (Å²) in [7, 11) is 4.45. The monoisotopic (exact) mass is 241 g/mol. The molecule has 0 unspecified atom stereocenters. The van der Waals surface area contributed by atoms with Gasteiger partial charge in [-0.15, -0.1) is 0 Å². The van der Waals surface area contributed by atoms with Crippen LogP contribution in [0.25, 0.3) is 0 Å². The minimum absolute atomic E-state index is 0.313. The highest BCUT2D eigenvalue weighted by molar-refractivity contribution is 4.73. The topological polar surface area (TPSA) is 9.72 Å². The summed E-state index contributed by atoms with van der Waals surface area (Å²) in [5.74, 6) is 0. The first-order valence-corrected chi connectivity index (χ1v) is 7.02. The molecular weight excluding hydrogens is 210 g/mol. The van der Waals surface area contributed by atoms with Gasteiger partial charge in [-0.3, -0.25) is 0 Å². The molecule has 0 radical (unpaired) electrons. The number of likely N-dealkylation sites (N-methyl/N-ethyl adjacent to an activating group) is 1. The molecule has 1 heterocycles. The van der Waals surface area contributed by atoms with Crippen molar-refractivity contribution < 1.29 is 0 Å². The maximum atomic E-state index is 2.61. The lowest BCUT2D eigenvalue weighted by molar-refractivity contribution is 0.143. The molecule has 0 aliphatic carbocycles. The fraction of sp³-hybridized carbons (Fsp3) is 1.00. The number of piperazine rings is 1. The molecule has 1 fully saturated rings. The van der Waals surface area contributed by atoms with Crippen molar-refractivity contribution in [3.63, 3.8) is 0 Å². The van der Waals surface area contributed by atoms with Crippen LogP contribution in [0.1, 0.15) is 33.6 Å².